The highest BCUT2D eigenvalue weighted by Crippen LogP contribution is 2.20. The van der Waals surface area contributed by atoms with Crippen molar-refractivity contribution in [3.8, 4) is 0 Å². The van der Waals surface area contributed by atoms with Crippen LogP contribution >= 0.6 is 23.2 Å². The van der Waals surface area contributed by atoms with E-state index in [0.29, 0.717) is 0 Å². The Balaban J connectivity index is 2.37. The minimum atomic E-state index is 0.191. The molecule has 0 amide bonds. The van der Waals surface area contributed by atoms with Crippen molar-refractivity contribution >= 4 is 23.2 Å². The van der Waals surface area contributed by atoms with Gasteiger partial charge in [-0.15, -0.1) is 11.6 Å². The predicted octanol–water partition coefficient (Wildman–Crippen LogP) is 4.47. The van der Waals surface area contributed by atoms with Gasteiger partial charge >= 0.3 is 0 Å². The molecule has 0 radical (unpaired) electrons. The van der Waals surface area contributed by atoms with Crippen LogP contribution in [0.4, 0.5) is 0 Å². The van der Waals surface area contributed by atoms with Gasteiger partial charge in [-0.3, -0.25) is 4.98 Å². The van der Waals surface area contributed by atoms with Gasteiger partial charge in [0.05, 0.1) is 5.02 Å². The van der Waals surface area contributed by atoms with Gasteiger partial charge in [-0.05, 0) is 24.5 Å². The van der Waals surface area contributed by atoms with E-state index < -0.39 is 0 Å². The topological polar surface area (TPSA) is 12.9 Å². The van der Waals surface area contributed by atoms with E-state index in [2.05, 4.69) is 11.9 Å². The summed E-state index contributed by atoms with van der Waals surface area (Å²) >= 11 is 12.3. The Morgan fingerprint density at radius 1 is 1.40 bits per heavy atom. The molecule has 0 spiro atoms. The second-order valence-corrected chi connectivity index (χ2v) is 4.79. The van der Waals surface area contributed by atoms with Crippen molar-refractivity contribution in [2.75, 3.05) is 0 Å². The second kappa shape index (κ2) is 7.08. The molecule has 1 aromatic heterocycles. The third-order valence-electron chi connectivity index (χ3n) is 2.42. The van der Waals surface area contributed by atoms with E-state index in [1.807, 2.05) is 6.07 Å². The zero-order valence-electron chi connectivity index (χ0n) is 9.05. The van der Waals surface area contributed by atoms with Crippen molar-refractivity contribution in [1.29, 1.82) is 0 Å². The van der Waals surface area contributed by atoms with E-state index in [0.717, 1.165) is 23.4 Å². The maximum atomic E-state index is 6.24. The number of rotatable bonds is 6. The van der Waals surface area contributed by atoms with Crippen LogP contribution in [0.1, 0.15) is 38.2 Å². The van der Waals surface area contributed by atoms with Crippen LogP contribution < -0.4 is 0 Å². The van der Waals surface area contributed by atoms with Gasteiger partial charge in [-0.1, -0.05) is 37.8 Å². The number of pyridine rings is 1. The largest absolute Gasteiger partial charge is 0.263 e. The maximum Gasteiger partial charge on any atom is 0.0621 e. The van der Waals surface area contributed by atoms with Gasteiger partial charge in [0.25, 0.3) is 0 Å². The van der Waals surface area contributed by atoms with E-state index in [9.17, 15) is 0 Å². The first kappa shape index (κ1) is 12.8. The molecule has 1 rings (SSSR count). The van der Waals surface area contributed by atoms with Crippen molar-refractivity contribution in [2.45, 2.75) is 44.4 Å². The normalized spacial score (nSPS) is 12.7. The fraction of sp³-hybridized carbons (Fsp3) is 0.583. The molecule has 1 atom stereocenters. The van der Waals surface area contributed by atoms with Gasteiger partial charge in [0.1, 0.15) is 0 Å². The monoisotopic (exact) mass is 245 g/mol. The quantitative estimate of drug-likeness (QED) is 0.533. The van der Waals surface area contributed by atoms with Crippen molar-refractivity contribution in [1.82, 2.24) is 4.98 Å². The summed E-state index contributed by atoms with van der Waals surface area (Å²) in [6, 6.07) is 1.94. The molecular weight excluding hydrogens is 229 g/mol. The smallest absolute Gasteiger partial charge is 0.0621 e. The van der Waals surface area contributed by atoms with Gasteiger partial charge in [0.15, 0.2) is 0 Å². The fourth-order valence-electron chi connectivity index (χ4n) is 1.53. The number of nitrogens with zero attached hydrogens (tertiary/aromatic N) is 1. The molecule has 1 aromatic rings. The first-order valence-corrected chi connectivity index (χ1v) is 6.28. The first-order valence-electron chi connectivity index (χ1n) is 5.46. The lowest BCUT2D eigenvalue weighted by molar-refractivity contribution is 0.638. The van der Waals surface area contributed by atoms with Crippen LogP contribution in [0.5, 0.6) is 0 Å². The molecule has 0 fully saturated rings. The third kappa shape index (κ3) is 4.85. The van der Waals surface area contributed by atoms with Crippen LogP contribution in [0.15, 0.2) is 18.5 Å². The lowest BCUT2D eigenvalue weighted by Gasteiger charge is -2.09. The molecule has 0 aliphatic carbocycles. The predicted molar refractivity (Wildman–Crippen MR) is 66.7 cm³/mol. The average Bonchev–Trinajstić information content (AvgIpc) is 2.22. The summed E-state index contributed by atoms with van der Waals surface area (Å²) in [5, 5.41) is 0.912. The van der Waals surface area contributed by atoms with Gasteiger partial charge in [0, 0.05) is 17.8 Å². The van der Waals surface area contributed by atoms with Gasteiger partial charge in [-0.2, -0.15) is 0 Å². The Kier molecular flexibility index (Phi) is 6.04. The van der Waals surface area contributed by atoms with E-state index in [-0.39, 0.29) is 5.38 Å². The number of halogens is 2. The van der Waals surface area contributed by atoms with Crippen molar-refractivity contribution in [3.05, 3.63) is 29.0 Å². The summed E-state index contributed by atoms with van der Waals surface area (Å²) in [6.07, 6.45) is 9.03. The average molecular weight is 246 g/mol. The Bertz CT molecular complexity index is 289. The van der Waals surface area contributed by atoms with Crippen molar-refractivity contribution < 1.29 is 0 Å². The third-order valence-corrected chi connectivity index (χ3v) is 3.13. The highest BCUT2D eigenvalue weighted by atomic mass is 35.5. The Hall–Kier alpha value is -0.270. The van der Waals surface area contributed by atoms with E-state index in [1.54, 1.807) is 12.4 Å². The van der Waals surface area contributed by atoms with E-state index in [4.69, 9.17) is 23.2 Å². The molecule has 0 bridgehead atoms. The van der Waals surface area contributed by atoms with Crippen LogP contribution in [-0.2, 0) is 6.42 Å². The van der Waals surface area contributed by atoms with Crippen LogP contribution in [0, 0.1) is 0 Å². The number of alkyl halides is 1. The maximum absolute atomic E-state index is 6.24. The zero-order chi connectivity index (χ0) is 11.1. The molecule has 0 saturated carbocycles. The zero-order valence-corrected chi connectivity index (χ0v) is 10.6. The SMILES string of the molecule is CCCCCC(Cl)Cc1ccncc1Cl. The van der Waals surface area contributed by atoms with Crippen molar-refractivity contribution in [2.24, 2.45) is 0 Å². The summed E-state index contributed by atoms with van der Waals surface area (Å²) < 4.78 is 0. The number of hydrogen-bond donors (Lipinski definition) is 0. The van der Waals surface area contributed by atoms with Gasteiger partial charge in [-0.25, -0.2) is 0 Å². The molecule has 15 heavy (non-hydrogen) atoms. The summed E-state index contributed by atoms with van der Waals surface area (Å²) in [7, 11) is 0. The molecule has 0 aromatic carbocycles. The number of unbranched alkanes of at least 4 members (excludes halogenated alkanes) is 2. The number of aromatic nitrogens is 1. The molecule has 0 N–H and O–H groups in total. The fourth-order valence-corrected chi connectivity index (χ4v) is 2.04. The molecule has 1 unspecified atom stereocenters. The van der Waals surface area contributed by atoms with Crippen molar-refractivity contribution in [3.63, 3.8) is 0 Å². The molecule has 0 aliphatic heterocycles. The summed E-state index contributed by atoms with van der Waals surface area (Å²) in [5.41, 5.74) is 1.10. The molecule has 0 saturated heterocycles. The van der Waals surface area contributed by atoms with Crippen LogP contribution in [0.3, 0.4) is 0 Å². The summed E-state index contributed by atoms with van der Waals surface area (Å²) in [6.45, 7) is 2.20. The Morgan fingerprint density at radius 3 is 2.87 bits per heavy atom. The van der Waals surface area contributed by atoms with Crippen LogP contribution in [0.25, 0.3) is 0 Å². The standard InChI is InChI=1S/C12H17Cl2N/c1-2-3-4-5-11(13)8-10-6-7-15-9-12(10)14/h6-7,9,11H,2-5,8H2,1H3. The summed E-state index contributed by atoms with van der Waals surface area (Å²) in [4.78, 5) is 3.95. The molecular formula is C12H17Cl2N. The molecule has 3 heteroatoms. The lowest BCUT2D eigenvalue weighted by atomic mass is 10.1. The molecule has 0 aliphatic rings. The first-order chi connectivity index (χ1) is 7.24. The molecule has 84 valence electrons. The van der Waals surface area contributed by atoms with Gasteiger partial charge < -0.3 is 0 Å². The minimum Gasteiger partial charge on any atom is -0.263 e. The second-order valence-electron chi connectivity index (χ2n) is 3.76. The minimum absolute atomic E-state index is 0.191. The van der Waals surface area contributed by atoms with E-state index >= 15 is 0 Å². The van der Waals surface area contributed by atoms with E-state index in [1.165, 1.54) is 19.3 Å². The van der Waals surface area contributed by atoms with Crippen LogP contribution in [-0.4, -0.2) is 10.4 Å². The van der Waals surface area contributed by atoms with Gasteiger partial charge in [0.2, 0.25) is 0 Å². The number of hydrogen-bond acceptors (Lipinski definition) is 1. The van der Waals surface area contributed by atoms with Crippen LogP contribution in [0.2, 0.25) is 5.02 Å². The highest BCUT2D eigenvalue weighted by Gasteiger charge is 2.08. The Morgan fingerprint density at radius 2 is 2.20 bits per heavy atom. The highest BCUT2D eigenvalue weighted by molar-refractivity contribution is 6.31. The summed E-state index contributed by atoms with van der Waals surface area (Å²) in [5.74, 6) is 0. The lowest BCUT2D eigenvalue weighted by Crippen LogP contribution is -2.03. The molecule has 1 nitrogen and oxygen atoms in total. The Labute approximate surface area is 102 Å². The molecule has 1 heterocycles.